The monoisotopic (exact) mass is 287 g/mol. The Kier molecular flexibility index (Phi) is 7.06. The normalized spacial score (nSPS) is 13.0. The van der Waals surface area contributed by atoms with Gasteiger partial charge in [-0.2, -0.15) is 0 Å². The van der Waals surface area contributed by atoms with E-state index in [9.17, 15) is 0 Å². The molecule has 0 heterocycles. The second-order valence-electron chi connectivity index (χ2n) is 5.28. The Labute approximate surface area is 121 Å². The fourth-order valence-corrected chi connectivity index (χ4v) is 2.31. The van der Waals surface area contributed by atoms with Crippen molar-refractivity contribution in [3.8, 4) is 0 Å². The summed E-state index contributed by atoms with van der Waals surface area (Å²) in [5.41, 5.74) is 1.16. The van der Waals surface area contributed by atoms with Crippen molar-refractivity contribution in [1.82, 2.24) is 5.32 Å². The van der Waals surface area contributed by atoms with Gasteiger partial charge in [0.05, 0.1) is 0 Å². The van der Waals surface area contributed by atoms with E-state index < -0.39 is 0 Å². The van der Waals surface area contributed by atoms with Crippen LogP contribution in [0.4, 0.5) is 0 Å². The number of aryl methyl sites for hydroxylation is 1. The lowest BCUT2D eigenvalue weighted by atomic mass is 9.98. The highest BCUT2D eigenvalue weighted by Crippen LogP contribution is 2.23. The average molecular weight is 288 g/mol. The summed E-state index contributed by atoms with van der Waals surface area (Å²) in [6.07, 6.45) is 3.36. The molecule has 1 aromatic rings. The molecule has 0 radical (unpaired) electrons. The summed E-state index contributed by atoms with van der Waals surface area (Å²) in [4.78, 5) is 0. The minimum Gasteiger partial charge on any atom is -0.315 e. The Morgan fingerprint density at radius 1 is 1.11 bits per heavy atom. The van der Waals surface area contributed by atoms with Crippen LogP contribution in [-0.4, -0.2) is 12.6 Å². The van der Waals surface area contributed by atoms with Gasteiger partial charge in [0.15, 0.2) is 0 Å². The fraction of sp³-hybridized carbons (Fsp3) is 0.600. The molecule has 102 valence electrons. The Hall–Kier alpha value is -0.240. The van der Waals surface area contributed by atoms with Crippen LogP contribution >= 0.6 is 23.2 Å². The maximum Gasteiger partial charge on any atom is 0.0439 e. The predicted octanol–water partition coefficient (Wildman–Crippen LogP) is 4.95. The molecule has 0 bridgehead atoms. The number of benzene rings is 1. The van der Waals surface area contributed by atoms with Crippen molar-refractivity contribution in [2.45, 2.75) is 46.1 Å². The van der Waals surface area contributed by atoms with Crippen molar-refractivity contribution in [2.24, 2.45) is 5.92 Å². The molecule has 1 N–H and O–H groups in total. The average Bonchev–Trinajstić information content (AvgIpc) is 2.30. The van der Waals surface area contributed by atoms with Crippen LogP contribution in [0.25, 0.3) is 0 Å². The zero-order valence-electron chi connectivity index (χ0n) is 11.5. The van der Waals surface area contributed by atoms with Crippen LogP contribution in [0, 0.1) is 5.92 Å². The standard InChI is InChI=1S/C15H23Cl2N/c1-11(2)18-9-8-12(3)4-5-13-10-14(16)6-7-15(13)17/h6-7,10-12,18H,4-5,8-9H2,1-3H3. The third-order valence-electron chi connectivity index (χ3n) is 3.10. The summed E-state index contributed by atoms with van der Waals surface area (Å²) in [6.45, 7) is 7.73. The predicted molar refractivity (Wildman–Crippen MR) is 81.7 cm³/mol. The van der Waals surface area contributed by atoms with Gasteiger partial charge in [-0.1, -0.05) is 44.0 Å². The van der Waals surface area contributed by atoms with Gasteiger partial charge in [-0.3, -0.25) is 0 Å². The van der Waals surface area contributed by atoms with Gasteiger partial charge in [0.1, 0.15) is 0 Å². The van der Waals surface area contributed by atoms with Gasteiger partial charge in [-0.25, -0.2) is 0 Å². The highest BCUT2D eigenvalue weighted by Gasteiger charge is 2.06. The molecule has 0 spiro atoms. The Balaban J connectivity index is 2.33. The number of nitrogens with one attached hydrogen (secondary N) is 1. The zero-order chi connectivity index (χ0) is 13.5. The van der Waals surface area contributed by atoms with E-state index in [0.29, 0.717) is 12.0 Å². The van der Waals surface area contributed by atoms with E-state index in [-0.39, 0.29) is 0 Å². The highest BCUT2D eigenvalue weighted by atomic mass is 35.5. The van der Waals surface area contributed by atoms with Gasteiger partial charge < -0.3 is 5.32 Å². The Bertz CT molecular complexity index is 364. The minimum absolute atomic E-state index is 0.569. The smallest absolute Gasteiger partial charge is 0.0439 e. The largest absolute Gasteiger partial charge is 0.315 e. The van der Waals surface area contributed by atoms with E-state index in [1.54, 1.807) is 0 Å². The second kappa shape index (κ2) is 8.04. The lowest BCUT2D eigenvalue weighted by Crippen LogP contribution is -2.25. The molecule has 0 saturated heterocycles. The third-order valence-corrected chi connectivity index (χ3v) is 3.71. The second-order valence-corrected chi connectivity index (χ2v) is 6.12. The lowest BCUT2D eigenvalue weighted by molar-refractivity contribution is 0.454. The molecule has 1 atom stereocenters. The van der Waals surface area contributed by atoms with Crippen molar-refractivity contribution in [1.29, 1.82) is 0 Å². The van der Waals surface area contributed by atoms with E-state index in [0.717, 1.165) is 35.0 Å². The van der Waals surface area contributed by atoms with Crippen LogP contribution in [-0.2, 0) is 6.42 Å². The maximum absolute atomic E-state index is 6.15. The number of hydrogen-bond donors (Lipinski definition) is 1. The van der Waals surface area contributed by atoms with Gasteiger partial charge >= 0.3 is 0 Å². The third kappa shape index (κ3) is 6.08. The van der Waals surface area contributed by atoms with Gasteiger partial charge in [-0.15, -0.1) is 0 Å². The van der Waals surface area contributed by atoms with Gasteiger partial charge in [0, 0.05) is 16.1 Å². The van der Waals surface area contributed by atoms with E-state index in [4.69, 9.17) is 23.2 Å². The molecule has 0 aliphatic carbocycles. The van der Waals surface area contributed by atoms with E-state index in [2.05, 4.69) is 26.1 Å². The van der Waals surface area contributed by atoms with Crippen LogP contribution in [0.15, 0.2) is 18.2 Å². The molecule has 3 heteroatoms. The highest BCUT2D eigenvalue weighted by molar-refractivity contribution is 6.33. The van der Waals surface area contributed by atoms with Crippen molar-refractivity contribution < 1.29 is 0 Å². The first-order valence-corrected chi connectivity index (χ1v) is 7.42. The molecule has 0 aliphatic heterocycles. The molecular formula is C15H23Cl2N. The van der Waals surface area contributed by atoms with Crippen LogP contribution in [0.1, 0.15) is 39.2 Å². The maximum atomic E-state index is 6.15. The lowest BCUT2D eigenvalue weighted by Gasteiger charge is -2.14. The molecule has 0 aliphatic rings. The number of halogens is 2. The first-order valence-electron chi connectivity index (χ1n) is 6.66. The van der Waals surface area contributed by atoms with Gasteiger partial charge in [0.25, 0.3) is 0 Å². The molecule has 0 fully saturated rings. The van der Waals surface area contributed by atoms with Crippen LogP contribution in [0.5, 0.6) is 0 Å². The number of rotatable bonds is 7. The van der Waals surface area contributed by atoms with E-state index >= 15 is 0 Å². The first-order chi connectivity index (χ1) is 8.49. The summed E-state index contributed by atoms with van der Waals surface area (Å²) in [5, 5.41) is 5.04. The summed E-state index contributed by atoms with van der Waals surface area (Å²) in [6, 6.07) is 6.26. The molecule has 1 unspecified atom stereocenters. The molecular weight excluding hydrogens is 265 g/mol. The molecule has 1 nitrogen and oxygen atoms in total. The van der Waals surface area contributed by atoms with Gasteiger partial charge in [-0.05, 0) is 55.5 Å². The molecule has 1 aromatic carbocycles. The van der Waals surface area contributed by atoms with E-state index in [1.165, 1.54) is 6.42 Å². The molecule has 0 aromatic heterocycles. The molecule has 0 amide bonds. The summed E-state index contributed by atoms with van der Waals surface area (Å²) in [5.74, 6) is 0.700. The summed E-state index contributed by atoms with van der Waals surface area (Å²) < 4.78 is 0. The molecule has 18 heavy (non-hydrogen) atoms. The van der Waals surface area contributed by atoms with Crippen molar-refractivity contribution in [3.05, 3.63) is 33.8 Å². The Morgan fingerprint density at radius 3 is 2.50 bits per heavy atom. The molecule has 0 saturated carbocycles. The van der Waals surface area contributed by atoms with Gasteiger partial charge in [0.2, 0.25) is 0 Å². The summed E-state index contributed by atoms with van der Waals surface area (Å²) in [7, 11) is 0. The quantitative estimate of drug-likeness (QED) is 0.748. The van der Waals surface area contributed by atoms with Crippen LogP contribution in [0.2, 0.25) is 10.0 Å². The Morgan fingerprint density at radius 2 is 1.83 bits per heavy atom. The van der Waals surface area contributed by atoms with Crippen LogP contribution < -0.4 is 5.32 Å². The summed E-state index contributed by atoms with van der Waals surface area (Å²) >= 11 is 12.1. The molecule has 1 rings (SSSR count). The van der Waals surface area contributed by atoms with E-state index in [1.807, 2.05) is 18.2 Å². The van der Waals surface area contributed by atoms with Crippen molar-refractivity contribution in [2.75, 3.05) is 6.54 Å². The van der Waals surface area contributed by atoms with Crippen molar-refractivity contribution >= 4 is 23.2 Å². The zero-order valence-corrected chi connectivity index (χ0v) is 13.0. The minimum atomic E-state index is 0.569. The van der Waals surface area contributed by atoms with Crippen LogP contribution in [0.3, 0.4) is 0 Å². The van der Waals surface area contributed by atoms with Crippen molar-refractivity contribution in [3.63, 3.8) is 0 Å². The number of hydrogen-bond acceptors (Lipinski definition) is 1. The fourth-order valence-electron chi connectivity index (χ4n) is 1.90. The topological polar surface area (TPSA) is 12.0 Å². The first kappa shape index (κ1) is 15.8. The SMILES string of the molecule is CC(CCNC(C)C)CCc1cc(Cl)ccc1Cl.